The monoisotopic (exact) mass is 448 g/mol. The lowest BCUT2D eigenvalue weighted by Crippen LogP contribution is -2.42. The molecule has 1 atom stereocenters. The summed E-state index contributed by atoms with van der Waals surface area (Å²) in [7, 11) is 0. The lowest BCUT2D eigenvalue weighted by atomic mass is 10.1. The normalized spacial score (nSPS) is 11.8. The molecule has 0 aliphatic carbocycles. The number of phenolic OH excluding ortho intramolecular Hbond substituents is 1. The number of benzene rings is 2. The van der Waals surface area contributed by atoms with E-state index in [2.05, 4.69) is 27.4 Å². The Balaban J connectivity index is 1.40. The highest BCUT2D eigenvalue weighted by Crippen LogP contribution is 2.11. The molecule has 0 radical (unpaired) electrons. The van der Waals surface area contributed by atoms with Crippen molar-refractivity contribution < 1.29 is 9.90 Å². The van der Waals surface area contributed by atoms with Crippen molar-refractivity contribution in [2.45, 2.75) is 51.5 Å². The molecule has 0 saturated carbocycles. The molecule has 0 fully saturated rings. The summed E-state index contributed by atoms with van der Waals surface area (Å²) in [5.74, 6) is -0.0116. The molecular weight excluding hydrogens is 416 g/mol. The average molecular weight is 449 g/mol. The molecule has 33 heavy (non-hydrogen) atoms. The van der Waals surface area contributed by atoms with Crippen molar-refractivity contribution in [2.75, 3.05) is 6.54 Å². The predicted molar refractivity (Wildman–Crippen MR) is 129 cm³/mol. The molecule has 0 spiro atoms. The van der Waals surface area contributed by atoms with E-state index in [4.69, 9.17) is 5.73 Å². The van der Waals surface area contributed by atoms with Gasteiger partial charge in [0.2, 0.25) is 5.91 Å². The van der Waals surface area contributed by atoms with E-state index in [9.17, 15) is 14.7 Å². The van der Waals surface area contributed by atoms with Crippen LogP contribution in [0.3, 0.4) is 0 Å². The molecule has 3 rings (SSSR count). The Morgan fingerprint density at radius 2 is 1.76 bits per heavy atom. The van der Waals surface area contributed by atoms with E-state index >= 15 is 0 Å². The van der Waals surface area contributed by atoms with Crippen LogP contribution in [0.1, 0.15) is 41.1 Å². The standard InChI is InChI=1S/C26H32N4O3/c1-18-23(30-26(33)24(29-18)15-12-19-7-3-2-4-8-19)9-5-6-16-28-25(32)22(27)17-20-10-13-21(31)14-11-20/h2-4,7-8,10-11,13-14,22,31H,5-6,9,12,15-17,27H2,1H3,(H,28,32)(H,30,33)/t22-/m0/s1. The van der Waals surface area contributed by atoms with Crippen molar-refractivity contribution in [2.24, 2.45) is 5.73 Å². The van der Waals surface area contributed by atoms with E-state index < -0.39 is 6.04 Å². The molecule has 5 N–H and O–H groups in total. The molecule has 0 unspecified atom stereocenters. The van der Waals surface area contributed by atoms with Gasteiger partial charge < -0.3 is 21.1 Å². The number of nitrogens with one attached hydrogen (secondary N) is 2. The number of hydrogen-bond donors (Lipinski definition) is 4. The Morgan fingerprint density at radius 1 is 1.03 bits per heavy atom. The van der Waals surface area contributed by atoms with Crippen molar-refractivity contribution >= 4 is 5.91 Å². The first-order chi connectivity index (χ1) is 15.9. The number of H-pyrrole nitrogens is 1. The molecule has 2 aromatic carbocycles. The second kappa shape index (κ2) is 12.0. The van der Waals surface area contributed by atoms with Crippen LogP contribution in [0.5, 0.6) is 5.75 Å². The molecule has 7 nitrogen and oxygen atoms in total. The predicted octanol–water partition coefficient (Wildman–Crippen LogP) is 2.58. The van der Waals surface area contributed by atoms with Crippen molar-refractivity contribution in [1.82, 2.24) is 15.3 Å². The van der Waals surface area contributed by atoms with Crippen LogP contribution in [0, 0.1) is 6.92 Å². The fraction of sp³-hybridized carbons (Fsp3) is 0.346. The summed E-state index contributed by atoms with van der Waals surface area (Å²) in [6.45, 7) is 2.44. The number of aromatic hydroxyl groups is 1. The summed E-state index contributed by atoms with van der Waals surface area (Å²) in [4.78, 5) is 32.2. The third-order valence-electron chi connectivity index (χ3n) is 5.64. The first kappa shape index (κ1) is 24.2. The molecule has 7 heteroatoms. The quantitative estimate of drug-likeness (QED) is 0.336. The third-order valence-corrected chi connectivity index (χ3v) is 5.64. The molecule has 0 bridgehead atoms. The van der Waals surface area contributed by atoms with Gasteiger partial charge in [0.05, 0.1) is 11.7 Å². The molecule has 3 aromatic rings. The second-order valence-electron chi connectivity index (χ2n) is 8.29. The van der Waals surface area contributed by atoms with Gasteiger partial charge in [0.15, 0.2) is 0 Å². The van der Waals surface area contributed by atoms with Crippen LogP contribution < -0.4 is 16.6 Å². The van der Waals surface area contributed by atoms with Crippen LogP contribution in [0.15, 0.2) is 59.4 Å². The van der Waals surface area contributed by atoms with Gasteiger partial charge in [0.25, 0.3) is 5.56 Å². The number of amides is 1. The van der Waals surface area contributed by atoms with E-state index in [1.807, 2.05) is 25.1 Å². The average Bonchev–Trinajstić information content (AvgIpc) is 2.81. The van der Waals surface area contributed by atoms with Crippen LogP contribution in [-0.2, 0) is 30.5 Å². The first-order valence-electron chi connectivity index (χ1n) is 11.4. The minimum atomic E-state index is -0.638. The van der Waals surface area contributed by atoms with E-state index in [-0.39, 0.29) is 17.2 Å². The van der Waals surface area contributed by atoms with Gasteiger partial charge >= 0.3 is 0 Å². The highest BCUT2D eigenvalue weighted by Gasteiger charge is 2.14. The fourth-order valence-electron chi connectivity index (χ4n) is 3.69. The topological polar surface area (TPSA) is 121 Å². The van der Waals surface area contributed by atoms with Gasteiger partial charge in [-0.05, 0) is 68.7 Å². The summed E-state index contributed by atoms with van der Waals surface area (Å²) in [6, 6.07) is 16.1. The Morgan fingerprint density at radius 3 is 2.48 bits per heavy atom. The van der Waals surface area contributed by atoms with Crippen LogP contribution in [-0.4, -0.2) is 33.6 Å². The lowest BCUT2D eigenvalue weighted by Gasteiger charge is -2.13. The maximum absolute atomic E-state index is 12.4. The number of rotatable bonds is 11. The molecule has 1 heterocycles. The zero-order chi connectivity index (χ0) is 23.6. The smallest absolute Gasteiger partial charge is 0.269 e. The van der Waals surface area contributed by atoms with Gasteiger partial charge in [-0.1, -0.05) is 42.5 Å². The van der Waals surface area contributed by atoms with Crippen LogP contribution in [0.2, 0.25) is 0 Å². The van der Waals surface area contributed by atoms with Crippen molar-refractivity contribution in [3.05, 3.63) is 93.2 Å². The number of aryl methyl sites for hydroxylation is 4. The number of carbonyl (C=O) groups is 1. The van der Waals surface area contributed by atoms with Crippen LogP contribution >= 0.6 is 0 Å². The van der Waals surface area contributed by atoms with E-state index in [1.165, 1.54) is 5.56 Å². The Bertz CT molecular complexity index is 1090. The molecule has 1 aromatic heterocycles. The maximum Gasteiger partial charge on any atom is 0.269 e. The van der Waals surface area contributed by atoms with Gasteiger partial charge in [-0.3, -0.25) is 14.6 Å². The number of nitrogens with zero attached hydrogens (tertiary/aromatic N) is 1. The number of nitrogens with two attached hydrogens (primary N) is 1. The molecule has 1 amide bonds. The zero-order valence-corrected chi connectivity index (χ0v) is 19.0. The summed E-state index contributed by atoms with van der Waals surface area (Å²) in [5, 5.41) is 12.2. The first-order valence-corrected chi connectivity index (χ1v) is 11.4. The van der Waals surface area contributed by atoms with E-state index in [0.29, 0.717) is 31.5 Å². The summed E-state index contributed by atoms with van der Waals surface area (Å²) < 4.78 is 0. The number of hydrogen-bond acceptors (Lipinski definition) is 5. The second-order valence-corrected chi connectivity index (χ2v) is 8.29. The number of carbonyl (C=O) groups excluding carboxylic acids is 1. The van der Waals surface area contributed by atoms with E-state index in [0.717, 1.165) is 36.2 Å². The van der Waals surface area contributed by atoms with Gasteiger partial charge in [-0.2, -0.15) is 0 Å². The SMILES string of the molecule is Cc1nc(CCc2ccccc2)c(=O)[nH]c1CCCCNC(=O)[C@@H](N)Cc1ccc(O)cc1. The molecule has 174 valence electrons. The minimum absolute atomic E-state index is 0.125. The van der Waals surface area contributed by atoms with Gasteiger partial charge in [-0.15, -0.1) is 0 Å². The van der Waals surface area contributed by atoms with Gasteiger partial charge in [0.1, 0.15) is 11.4 Å². The fourth-order valence-corrected chi connectivity index (χ4v) is 3.69. The van der Waals surface area contributed by atoms with Gasteiger partial charge in [-0.25, -0.2) is 0 Å². The Labute approximate surface area is 194 Å². The third kappa shape index (κ3) is 7.57. The van der Waals surface area contributed by atoms with E-state index in [1.54, 1.807) is 24.3 Å². The summed E-state index contributed by atoms with van der Waals surface area (Å²) >= 11 is 0. The molecular formula is C26H32N4O3. The van der Waals surface area contributed by atoms with Gasteiger partial charge in [0, 0.05) is 12.2 Å². The lowest BCUT2D eigenvalue weighted by molar-refractivity contribution is -0.122. The van der Waals surface area contributed by atoms with Crippen molar-refractivity contribution in [1.29, 1.82) is 0 Å². The minimum Gasteiger partial charge on any atom is -0.508 e. The molecule has 0 saturated heterocycles. The van der Waals surface area contributed by atoms with Crippen molar-refractivity contribution in [3.8, 4) is 5.75 Å². The van der Waals surface area contributed by atoms with Crippen LogP contribution in [0.4, 0.5) is 0 Å². The summed E-state index contributed by atoms with van der Waals surface area (Å²) in [6.07, 6.45) is 4.09. The number of aromatic amines is 1. The molecule has 0 aliphatic heterocycles. The zero-order valence-electron chi connectivity index (χ0n) is 19.0. The summed E-state index contributed by atoms with van der Waals surface area (Å²) in [5.41, 5.74) is 10.2. The Kier molecular flexibility index (Phi) is 8.78. The van der Waals surface area contributed by atoms with Crippen LogP contribution in [0.25, 0.3) is 0 Å². The largest absolute Gasteiger partial charge is 0.508 e. The Hall–Kier alpha value is -3.45. The number of unbranched alkanes of at least 4 members (excludes halogenated alkanes) is 1. The van der Waals surface area contributed by atoms with Crippen molar-refractivity contribution in [3.63, 3.8) is 0 Å². The molecule has 0 aliphatic rings. The highest BCUT2D eigenvalue weighted by molar-refractivity contribution is 5.81. The number of aromatic nitrogens is 2. The highest BCUT2D eigenvalue weighted by atomic mass is 16.3. The maximum atomic E-state index is 12.4. The number of phenols is 1.